The van der Waals surface area contributed by atoms with Crippen LogP contribution in [0.15, 0.2) is 85.5 Å². The molecular weight excluding hydrogens is 319 g/mol. The highest BCUT2D eigenvalue weighted by atomic mass is 31.2. The van der Waals surface area contributed by atoms with Crippen LogP contribution in [0.2, 0.25) is 0 Å². The highest BCUT2D eigenvalue weighted by Crippen LogP contribution is 2.57. The molecule has 0 aliphatic rings. The largest absolute Gasteiger partial charge is 0.116 e. The van der Waals surface area contributed by atoms with Crippen LogP contribution in [0.1, 0.15) is 16.7 Å². The van der Waals surface area contributed by atoms with Gasteiger partial charge in [-0.2, -0.15) is 0 Å². The van der Waals surface area contributed by atoms with Gasteiger partial charge in [0.25, 0.3) is 0 Å². The Morgan fingerprint density at radius 3 is 1.24 bits per heavy atom. The standard InChI is InChI=1S/C24H26P/c1-5-18-25(22-15-9-6-12-19(22)2,23-16-10-7-13-20(23)3)24-17-11-8-14-21(24)4/h5-17H,1,18H2,2-4H3/q+1. The summed E-state index contributed by atoms with van der Waals surface area (Å²) in [5.74, 6) is 0. The molecular formula is C24H26P+. The molecule has 0 atom stereocenters. The number of rotatable bonds is 5. The van der Waals surface area contributed by atoms with Crippen molar-refractivity contribution in [2.24, 2.45) is 0 Å². The van der Waals surface area contributed by atoms with E-state index >= 15 is 0 Å². The second kappa shape index (κ2) is 7.38. The molecule has 3 aromatic rings. The molecule has 0 saturated heterocycles. The lowest BCUT2D eigenvalue weighted by Gasteiger charge is -2.30. The van der Waals surface area contributed by atoms with Crippen molar-refractivity contribution in [2.75, 3.05) is 6.16 Å². The monoisotopic (exact) mass is 345 g/mol. The van der Waals surface area contributed by atoms with Crippen LogP contribution in [0.5, 0.6) is 0 Å². The number of aryl methyl sites for hydroxylation is 3. The number of benzene rings is 3. The zero-order valence-electron chi connectivity index (χ0n) is 15.4. The number of hydrogen-bond acceptors (Lipinski definition) is 0. The lowest BCUT2D eigenvalue weighted by molar-refractivity contribution is 1.47. The smallest absolute Gasteiger partial charge is 0.0995 e. The van der Waals surface area contributed by atoms with Gasteiger partial charge in [-0.05, 0) is 55.7 Å². The van der Waals surface area contributed by atoms with Crippen molar-refractivity contribution in [3.8, 4) is 0 Å². The molecule has 0 N–H and O–H groups in total. The average molecular weight is 345 g/mol. The van der Waals surface area contributed by atoms with Crippen LogP contribution in [-0.2, 0) is 0 Å². The Balaban J connectivity index is 2.46. The van der Waals surface area contributed by atoms with E-state index in [4.69, 9.17) is 0 Å². The van der Waals surface area contributed by atoms with Crippen molar-refractivity contribution in [1.29, 1.82) is 0 Å². The minimum absolute atomic E-state index is 0.980. The topological polar surface area (TPSA) is 0 Å². The highest BCUT2D eigenvalue weighted by molar-refractivity contribution is 7.96. The van der Waals surface area contributed by atoms with Crippen molar-refractivity contribution < 1.29 is 0 Å². The Morgan fingerprint density at radius 1 is 0.640 bits per heavy atom. The van der Waals surface area contributed by atoms with Gasteiger partial charge in [-0.1, -0.05) is 67.3 Å². The SMILES string of the molecule is C=CC[P+](c1ccccc1C)(c1ccccc1C)c1ccccc1C. The summed E-state index contributed by atoms with van der Waals surface area (Å²) < 4.78 is 0. The molecule has 3 aromatic carbocycles. The average Bonchev–Trinajstić information content (AvgIpc) is 2.62. The molecule has 0 fully saturated rings. The molecule has 0 amide bonds. The molecule has 0 unspecified atom stereocenters. The molecule has 1 heteroatoms. The molecule has 0 aromatic heterocycles. The number of allylic oxidation sites excluding steroid dienone is 1. The fourth-order valence-corrected chi connectivity index (χ4v) is 8.66. The molecule has 0 heterocycles. The van der Waals surface area contributed by atoms with Gasteiger partial charge in [0.1, 0.15) is 23.2 Å². The predicted molar refractivity (Wildman–Crippen MR) is 114 cm³/mol. The first-order valence-corrected chi connectivity index (χ1v) is 10.8. The van der Waals surface area contributed by atoms with Crippen LogP contribution < -0.4 is 15.9 Å². The fourth-order valence-electron chi connectivity index (χ4n) is 3.85. The summed E-state index contributed by atoms with van der Waals surface area (Å²) in [5.41, 5.74) is 4.09. The van der Waals surface area contributed by atoms with E-state index in [0.717, 1.165) is 6.16 Å². The van der Waals surface area contributed by atoms with Crippen LogP contribution in [0, 0.1) is 20.8 Å². The van der Waals surface area contributed by atoms with E-state index < -0.39 is 7.26 Å². The molecule has 0 bridgehead atoms. The lowest BCUT2D eigenvalue weighted by atomic mass is 10.2. The van der Waals surface area contributed by atoms with Gasteiger partial charge < -0.3 is 0 Å². The van der Waals surface area contributed by atoms with E-state index in [1.54, 1.807) is 0 Å². The van der Waals surface area contributed by atoms with E-state index in [1.807, 2.05) is 0 Å². The Bertz CT molecular complexity index is 781. The first kappa shape index (κ1) is 17.6. The van der Waals surface area contributed by atoms with Crippen LogP contribution in [0.25, 0.3) is 0 Å². The first-order valence-electron chi connectivity index (χ1n) is 8.79. The van der Waals surface area contributed by atoms with E-state index in [9.17, 15) is 0 Å². The summed E-state index contributed by atoms with van der Waals surface area (Å²) in [4.78, 5) is 0. The minimum Gasteiger partial charge on any atom is -0.0995 e. The van der Waals surface area contributed by atoms with Gasteiger partial charge >= 0.3 is 0 Å². The van der Waals surface area contributed by atoms with E-state index in [-0.39, 0.29) is 0 Å². The van der Waals surface area contributed by atoms with Crippen molar-refractivity contribution in [2.45, 2.75) is 20.8 Å². The van der Waals surface area contributed by atoms with Gasteiger partial charge in [0.2, 0.25) is 0 Å². The lowest BCUT2D eigenvalue weighted by Crippen LogP contribution is -2.36. The number of hydrogen-bond donors (Lipinski definition) is 0. The molecule has 3 rings (SSSR count). The van der Waals surface area contributed by atoms with Crippen LogP contribution in [0.3, 0.4) is 0 Å². The van der Waals surface area contributed by atoms with Crippen molar-refractivity contribution in [1.82, 2.24) is 0 Å². The third-order valence-electron chi connectivity index (χ3n) is 4.98. The van der Waals surface area contributed by atoms with Crippen LogP contribution >= 0.6 is 7.26 Å². The molecule has 25 heavy (non-hydrogen) atoms. The third kappa shape index (κ3) is 3.08. The molecule has 0 aliphatic carbocycles. The highest BCUT2D eigenvalue weighted by Gasteiger charge is 2.46. The van der Waals surface area contributed by atoms with Crippen LogP contribution in [0.4, 0.5) is 0 Å². The van der Waals surface area contributed by atoms with Gasteiger partial charge in [-0.25, -0.2) is 0 Å². The molecule has 0 saturated carbocycles. The molecule has 0 spiro atoms. The van der Waals surface area contributed by atoms with E-state index in [2.05, 4.69) is 106 Å². The van der Waals surface area contributed by atoms with E-state index in [0.29, 0.717) is 0 Å². The summed E-state index contributed by atoms with van der Waals surface area (Å²) >= 11 is 0. The molecule has 0 nitrogen and oxygen atoms in total. The third-order valence-corrected chi connectivity index (χ3v) is 9.76. The summed E-state index contributed by atoms with van der Waals surface area (Å²) in [6.07, 6.45) is 3.09. The maximum Gasteiger partial charge on any atom is 0.116 e. The second-order valence-corrected chi connectivity index (χ2v) is 10.1. The summed E-state index contributed by atoms with van der Waals surface area (Å²) in [6.45, 7) is 10.9. The van der Waals surface area contributed by atoms with Crippen molar-refractivity contribution in [3.63, 3.8) is 0 Å². The Labute approximate surface area is 152 Å². The zero-order chi connectivity index (χ0) is 17.9. The van der Waals surface area contributed by atoms with Gasteiger partial charge in [0.05, 0.1) is 6.16 Å². The predicted octanol–water partition coefficient (Wildman–Crippen LogP) is 5.09. The summed E-state index contributed by atoms with van der Waals surface area (Å²) in [5, 5.41) is 4.41. The van der Waals surface area contributed by atoms with E-state index in [1.165, 1.54) is 32.6 Å². The second-order valence-electron chi connectivity index (χ2n) is 6.64. The Kier molecular flexibility index (Phi) is 5.21. The first-order chi connectivity index (χ1) is 12.1. The van der Waals surface area contributed by atoms with Crippen molar-refractivity contribution >= 4 is 23.2 Å². The maximum absolute atomic E-state index is 4.14. The quantitative estimate of drug-likeness (QED) is 0.446. The molecule has 0 aliphatic heterocycles. The Morgan fingerprint density at radius 2 is 0.960 bits per heavy atom. The van der Waals surface area contributed by atoms with Crippen LogP contribution in [-0.4, -0.2) is 6.16 Å². The Hall–Kier alpha value is -2.17. The minimum atomic E-state index is -1.78. The molecule has 0 radical (unpaired) electrons. The molecule has 126 valence electrons. The zero-order valence-corrected chi connectivity index (χ0v) is 16.3. The van der Waals surface area contributed by atoms with Gasteiger partial charge in [0, 0.05) is 0 Å². The normalized spacial score (nSPS) is 11.3. The fraction of sp³-hybridized carbons (Fsp3) is 0.167. The summed E-state index contributed by atoms with van der Waals surface area (Å²) in [7, 11) is -1.78. The van der Waals surface area contributed by atoms with Crippen molar-refractivity contribution in [3.05, 3.63) is 102 Å². The van der Waals surface area contributed by atoms with Gasteiger partial charge in [-0.15, -0.1) is 0 Å². The van der Waals surface area contributed by atoms with Gasteiger partial charge in [0.15, 0.2) is 0 Å². The maximum atomic E-state index is 4.14. The summed E-state index contributed by atoms with van der Waals surface area (Å²) in [6, 6.07) is 26.6. The van der Waals surface area contributed by atoms with Gasteiger partial charge in [-0.3, -0.25) is 0 Å².